The Labute approximate surface area is 67.5 Å². The number of hydrogen-bond acceptors (Lipinski definition) is 6. The number of aromatic hydroxyl groups is 1. The summed E-state index contributed by atoms with van der Waals surface area (Å²) in [4.78, 5) is 19.4. The molecule has 1 aromatic rings. The van der Waals surface area contributed by atoms with Crippen molar-refractivity contribution in [2.45, 2.75) is 6.10 Å². The van der Waals surface area contributed by atoms with Crippen LogP contribution in [0.25, 0.3) is 0 Å². The summed E-state index contributed by atoms with van der Waals surface area (Å²) in [6.07, 6.45) is -1.46. The Kier molecular flexibility index (Phi) is 2.54. The number of hydrogen-bond donors (Lipinski definition) is 4. The van der Waals surface area contributed by atoms with Gasteiger partial charge in [-0.25, -0.2) is 4.79 Å². The van der Waals surface area contributed by atoms with Gasteiger partial charge in [-0.15, -0.1) is 0 Å². The van der Waals surface area contributed by atoms with E-state index in [1.54, 1.807) is 0 Å². The molecule has 1 heterocycles. The molecule has 0 aliphatic carbocycles. The predicted molar refractivity (Wildman–Crippen MR) is 39.0 cm³/mol. The molecular formula is C5H7O6P. The quantitative estimate of drug-likeness (QED) is 0.486. The molecule has 2 atom stereocenters. The van der Waals surface area contributed by atoms with E-state index in [1.165, 1.54) is 0 Å². The van der Waals surface area contributed by atoms with E-state index in [-0.39, 0.29) is 0 Å². The zero-order valence-corrected chi connectivity index (χ0v) is 6.73. The Balaban J connectivity index is 3.17. The van der Waals surface area contributed by atoms with Gasteiger partial charge in [0, 0.05) is 0 Å². The Hall–Kier alpha value is -0.810. The fourth-order valence-corrected chi connectivity index (χ4v) is 1.43. The largest absolute Gasteiger partial charge is 0.500 e. The van der Waals surface area contributed by atoms with Crippen LogP contribution in [0.5, 0.6) is 5.48 Å². The summed E-state index contributed by atoms with van der Waals surface area (Å²) in [5.41, 5.74) is -0.684. The molecule has 0 aliphatic rings. The molecule has 0 spiro atoms. The van der Waals surface area contributed by atoms with Gasteiger partial charge in [0.2, 0.25) is 5.48 Å². The SMILES string of the molecule is O=c1oc([C@@H](O)CO)c(O)p1O. The van der Waals surface area contributed by atoms with Gasteiger partial charge in [0.05, 0.1) is 6.61 Å². The first kappa shape index (κ1) is 9.28. The minimum absolute atomic E-state index is 0.462. The molecular weight excluding hydrogens is 187 g/mol. The van der Waals surface area contributed by atoms with Gasteiger partial charge in [-0.1, -0.05) is 0 Å². The smallest absolute Gasteiger partial charge is 0.383 e. The van der Waals surface area contributed by atoms with Gasteiger partial charge in [0.1, 0.15) is 13.9 Å². The molecule has 0 aliphatic heterocycles. The van der Waals surface area contributed by atoms with E-state index in [0.29, 0.717) is 0 Å². The molecule has 7 heteroatoms. The van der Waals surface area contributed by atoms with E-state index in [9.17, 15) is 4.79 Å². The van der Waals surface area contributed by atoms with Crippen molar-refractivity contribution in [2.75, 3.05) is 6.61 Å². The van der Waals surface area contributed by atoms with Crippen LogP contribution < -0.4 is 5.36 Å². The molecule has 1 aromatic heterocycles. The molecule has 0 bridgehead atoms. The highest BCUT2D eigenvalue weighted by atomic mass is 31.1. The molecule has 0 saturated carbocycles. The van der Waals surface area contributed by atoms with E-state index < -0.39 is 37.1 Å². The van der Waals surface area contributed by atoms with Crippen molar-refractivity contribution < 1.29 is 24.6 Å². The van der Waals surface area contributed by atoms with Crippen LogP contribution in [0.2, 0.25) is 0 Å². The zero-order chi connectivity index (χ0) is 9.30. The van der Waals surface area contributed by atoms with Crippen molar-refractivity contribution in [2.24, 2.45) is 0 Å². The van der Waals surface area contributed by atoms with Crippen LogP contribution in [0, 0.1) is 0 Å². The molecule has 0 aromatic carbocycles. The van der Waals surface area contributed by atoms with E-state index in [1.807, 2.05) is 0 Å². The van der Waals surface area contributed by atoms with Gasteiger partial charge in [0.25, 0.3) is 0 Å². The molecule has 1 rings (SSSR count). The summed E-state index contributed by atoms with van der Waals surface area (Å²) >= 11 is 0. The maximum Gasteiger partial charge on any atom is 0.383 e. The molecule has 12 heavy (non-hydrogen) atoms. The van der Waals surface area contributed by atoms with E-state index in [0.717, 1.165) is 0 Å². The van der Waals surface area contributed by atoms with Crippen LogP contribution in [0.3, 0.4) is 0 Å². The third-order valence-electron chi connectivity index (χ3n) is 1.27. The lowest BCUT2D eigenvalue weighted by molar-refractivity contribution is 0.0738. The molecule has 1 unspecified atom stereocenters. The molecule has 4 N–H and O–H groups in total. The predicted octanol–water partition coefficient (Wildman–Crippen LogP) is -0.887. The summed E-state index contributed by atoms with van der Waals surface area (Å²) in [6.45, 7) is -0.685. The molecule has 6 nitrogen and oxygen atoms in total. The average molecular weight is 194 g/mol. The first-order valence-electron chi connectivity index (χ1n) is 3.00. The second-order valence-corrected chi connectivity index (χ2v) is 3.48. The van der Waals surface area contributed by atoms with Gasteiger partial charge < -0.3 is 24.6 Å². The third kappa shape index (κ3) is 1.37. The fourth-order valence-electron chi connectivity index (χ4n) is 0.674. The van der Waals surface area contributed by atoms with Crippen molar-refractivity contribution in [3.8, 4) is 5.48 Å². The molecule has 68 valence electrons. The first-order chi connectivity index (χ1) is 5.57. The minimum atomic E-state index is -2.36. The van der Waals surface area contributed by atoms with Crippen molar-refractivity contribution in [1.82, 2.24) is 0 Å². The van der Waals surface area contributed by atoms with Gasteiger partial charge in [-0.2, -0.15) is 0 Å². The number of aliphatic hydroxyl groups excluding tert-OH is 2. The first-order valence-corrected chi connectivity index (χ1v) is 4.30. The lowest BCUT2D eigenvalue weighted by Crippen LogP contribution is -2.01. The zero-order valence-electron chi connectivity index (χ0n) is 5.84. The van der Waals surface area contributed by atoms with Crippen molar-refractivity contribution in [3.05, 3.63) is 15.9 Å². The standard InChI is InChI=1S/C5H7O6P/c6-1-2(7)3-4(8)12(10)5(9)11-3/h2,6-8,10H,1H2/t2-,12?/m0/s1. The molecule has 0 radical (unpaired) electrons. The van der Waals surface area contributed by atoms with Gasteiger partial charge in [-0.3, -0.25) is 0 Å². The Morgan fingerprint density at radius 3 is 2.50 bits per heavy atom. The summed E-state index contributed by atoms with van der Waals surface area (Å²) in [7, 11) is -2.36. The molecule has 0 fully saturated rings. The second kappa shape index (κ2) is 3.28. The van der Waals surface area contributed by atoms with Crippen molar-refractivity contribution in [3.63, 3.8) is 0 Å². The van der Waals surface area contributed by atoms with Crippen LogP contribution in [-0.4, -0.2) is 26.8 Å². The van der Waals surface area contributed by atoms with Gasteiger partial charge in [-0.05, 0) is 0 Å². The Morgan fingerprint density at radius 1 is 1.58 bits per heavy atom. The van der Waals surface area contributed by atoms with Gasteiger partial charge in [0.15, 0.2) is 5.76 Å². The topological polar surface area (TPSA) is 111 Å². The maximum absolute atomic E-state index is 10.6. The number of rotatable bonds is 2. The summed E-state index contributed by atoms with van der Waals surface area (Å²) in [5.74, 6) is -0.462. The normalized spacial score (nSPS) is 14.8. The minimum Gasteiger partial charge on any atom is -0.500 e. The second-order valence-electron chi connectivity index (χ2n) is 2.07. The lowest BCUT2D eigenvalue weighted by atomic mass is 10.3. The molecule has 0 saturated heterocycles. The number of aliphatic hydroxyl groups is 2. The van der Waals surface area contributed by atoms with Crippen LogP contribution in [0.4, 0.5) is 0 Å². The summed E-state index contributed by atoms with van der Waals surface area (Å²) in [5, 5.41) is 25.3. The maximum atomic E-state index is 10.6. The van der Waals surface area contributed by atoms with Crippen LogP contribution in [0.1, 0.15) is 11.9 Å². The van der Waals surface area contributed by atoms with Crippen molar-refractivity contribution in [1.29, 1.82) is 0 Å². The lowest BCUT2D eigenvalue weighted by Gasteiger charge is -2.01. The Morgan fingerprint density at radius 2 is 2.17 bits per heavy atom. The van der Waals surface area contributed by atoms with E-state index >= 15 is 0 Å². The van der Waals surface area contributed by atoms with Crippen LogP contribution in [0.15, 0.2) is 9.21 Å². The van der Waals surface area contributed by atoms with Gasteiger partial charge >= 0.3 is 5.36 Å². The Bertz CT molecular complexity index is 325. The molecule has 0 amide bonds. The van der Waals surface area contributed by atoms with Crippen LogP contribution in [-0.2, 0) is 0 Å². The summed E-state index contributed by atoms with van der Waals surface area (Å²) in [6, 6.07) is 0. The van der Waals surface area contributed by atoms with E-state index in [2.05, 4.69) is 4.42 Å². The highest BCUT2D eigenvalue weighted by molar-refractivity contribution is 7.44. The van der Waals surface area contributed by atoms with E-state index in [4.69, 9.17) is 20.2 Å². The van der Waals surface area contributed by atoms with Crippen molar-refractivity contribution >= 4 is 7.76 Å². The summed E-state index contributed by atoms with van der Waals surface area (Å²) < 4.78 is 4.30. The third-order valence-corrected chi connectivity index (χ3v) is 2.33. The highest BCUT2D eigenvalue weighted by Gasteiger charge is 2.21. The fraction of sp³-hybridized carbons (Fsp3) is 0.400. The van der Waals surface area contributed by atoms with Crippen LogP contribution >= 0.6 is 7.76 Å². The average Bonchev–Trinajstić information content (AvgIpc) is 2.32. The monoisotopic (exact) mass is 194 g/mol. The highest BCUT2D eigenvalue weighted by Crippen LogP contribution is 2.37.